The molecule has 0 unspecified atom stereocenters. The van der Waals surface area contributed by atoms with Crippen molar-refractivity contribution >= 4 is 34.6 Å². The van der Waals surface area contributed by atoms with Gasteiger partial charge in [0.25, 0.3) is 11.6 Å². The number of carbonyl (C=O) groups is 2. The van der Waals surface area contributed by atoms with Gasteiger partial charge in [-0.3, -0.25) is 14.9 Å². The molecule has 0 radical (unpaired) electrons. The van der Waals surface area contributed by atoms with Gasteiger partial charge in [-0.2, -0.15) is 0 Å². The summed E-state index contributed by atoms with van der Waals surface area (Å²) in [5.41, 5.74) is 1.31. The minimum atomic E-state index is -0.557. The number of amides is 1. The number of non-ortho nitro benzene ring substituents is 1. The number of esters is 1. The van der Waals surface area contributed by atoms with Crippen LogP contribution in [0.4, 0.5) is 11.4 Å². The molecule has 0 aliphatic heterocycles. The maximum Gasteiger partial charge on any atom is 0.348 e. The van der Waals surface area contributed by atoms with Crippen LogP contribution in [-0.4, -0.2) is 30.5 Å². The largest absolute Gasteiger partial charge is 0.494 e. The summed E-state index contributed by atoms with van der Waals surface area (Å²) in [6.07, 6.45) is 5.40. The Bertz CT molecular complexity index is 884. The molecular formula is C19H20N2O6S. The van der Waals surface area contributed by atoms with Crippen LogP contribution in [0.2, 0.25) is 0 Å². The topological polar surface area (TPSA) is 108 Å². The van der Waals surface area contributed by atoms with Crippen molar-refractivity contribution in [3.63, 3.8) is 0 Å². The number of anilines is 1. The number of nitro benzene ring substituents is 1. The molecule has 1 aromatic heterocycles. The number of nitrogens with one attached hydrogen (secondary N) is 1. The van der Waals surface area contributed by atoms with E-state index < -0.39 is 23.4 Å². The van der Waals surface area contributed by atoms with Gasteiger partial charge in [-0.15, -0.1) is 11.3 Å². The number of nitrogens with zero attached hydrogens (tertiary/aromatic N) is 1. The molecule has 3 rings (SSSR count). The normalized spacial score (nSPS) is 13.2. The first-order valence-corrected chi connectivity index (χ1v) is 9.70. The van der Waals surface area contributed by atoms with E-state index in [2.05, 4.69) is 5.32 Å². The smallest absolute Gasteiger partial charge is 0.348 e. The number of nitro groups is 1. The molecule has 28 heavy (non-hydrogen) atoms. The van der Waals surface area contributed by atoms with Gasteiger partial charge in [0, 0.05) is 10.9 Å². The molecular weight excluding hydrogens is 384 g/mol. The molecule has 2 aromatic rings. The van der Waals surface area contributed by atoms with Crippen LogP contribution >= 0.6 is 11.3 Å². The fourth-order valence-corrected chi connectivity index (χ4v) is 4.20. The van der Waals surface area contributed by atoms with Crippen molar-refractivity contribution < 1.29 is 24.0 Å². The van der Waals surface area contributed by atoms with Crippen molar-refractivity contribution in [2.45, 2.75) is 32.1 Å². The summed E-state index contributed by atoms with van der Waals surface area (Å²) in [5.74, 6) is -0.932. The second-order valence-electron chi connectivity index (χ2n) is 6.39. The molecule has 1 N–H and O–H groups in total. The molecule has 0 saturated carbocycles. The number of rotatable bonds is 6. The second kappa shape index (κ2) is 8.83. The van der Waals surface area contributed by atoms with Crippen molar-refractivity contribution in [3.8, 4) is 5.75 Å². The summed E-state index contributed by atoms with van der Waals surface area (Å²) in [6.45, 7) is -0.457. The van der Waals surface area contributed by atoms with E-state index in [1.54, 1.807) is 0 Å². The van der Waals surface area contributed by atoms with Gasteiger partial charge < -0.3 is 14.8 Å². The molecule has 1 amide bonds. The van der Waals surface area contributed by atoms with Crippen LogP contribution in [0.1, 0.15) is 39.4 Å². The number of aryl methyl sites for hydroxylation is 2. The lowest BCUT2D eigenvalue weighted by Gasteiger charge is -2.10. The molecule has 1 aliphatic carbocycles. The van der Waals surface area contributed by atoms with Gasteiger partial charge in [0.2, 0.25) is 0 Å². The summed E-state index contributed by atoms with van der Waals surface area (Å²) in [7, 11) is 1.34. The number of ether oxygens (including phenoxy) is 2. The highest BCUT2D eigenvalue weighted by molar-refractivity contribution is 7.14. The highest BCUT2D eigenvalue weighted by Crippen LogP contribution is 2.30. The van der Waals surface area contributed by atoms with E-state index >= 15 is 0 Å². The Balaban J connectivity index is 1.58. The third kappa shape index (κ3) is 4.66. The molecule has 0 spiro atoms. The van der Waals surface area contributed by atoms with Crippen molar-refractivity contribution in [1.82, 2.24) is 0 Å². The van der Waals surface area contributed by atoms with Crippen molar-refractivity contribution in [2.75, 3.05) is 19.0 Å². The summed E-state index contributed by atoms with van der Waals surface area (Å²) < 4.78 is 10.2. The van der Waals surface area contributed by atoms with Gasteiger partial charge in [-0.1, -0.05) is 6.42 Å². The highest BCUT2D eigenvalue weighted by Gasteiger charge is 2.19. The Hall–Kier alpha value is -2.94. The molecule has 1 aliphatic rings. The highest BCUT2D eigenvalue weighted by atomic mass is 32.1. The molecule has 1 heterocycles. The van der Waals surface area contributed by atoms with E-state index in [-0.39, 0.29) is 17.1 Å². The number of methoxy groups -OCH3 is 1. The lowest BCUT2D eigenvalue weighted by molar-refractivity contribution is -0.384. The molecule has 9 heteroatoms. The second-order valence-corrected chi connectivity index (χ2v) is 7.52. The van der Waals surface area contributed by atoms with E-state index in [0.717, 1.165) is 25.7 Å². The van der Waals surface area contributed by atoms with E-state index in [4.69, 9.17) is 9.47 Å². The zero-order valence-corrected chi connectivity index (χ0v) is 16.2. The summed E-state index contributed by atoms with van der Waals surface area (Å²) >= 11 is 1.43. The van der Waals surface area contributed by atoms with E-state index in [9.17, 15) is 19.7 Å². The van der Waals surface area contributed by atoms with Crippen LogP contribution in [0.3, 0.4) is 0 Å². The Morgan fingerprint density at radius 2 is 2.00 bits per heavy atom. The predicted molar refractivity (Wildman–Crippen MR) is 104 cm³/mol. The van der Waals surface area contributed by atoms with Gasteiger partial charge in [-0.25, -0.2) is 4.79 Å². The first-order chi connectivity index (χ1) is 13.5. The van der Waals surface area contributed by atoms with E-state index in [1.165, 1.54) is 53.5 Å². The van der Waals surface area contributed by atoms with Crippen LogP contribution in [-0.2, 0) is 22.4 Å². The number of hydrogen-bond donors (Lipinski definition) is 1. The standard InChI is InChI=1S/C19H20N2O6S/c1-26-15-10-13(21(24)25)7-8-14(15)20-18(22)11-27-19(23)17-9-12-5-3-2-4-6-16(12)28-17/h7-10H,2-6,11H2,1H3,(H,20,22). The third-order valence-electron chi connectivity index (χ3n) is 4.45. The van der Waals surface area contributed by atoms with E-state index in [0.29, 0.717) is 4.88 Å². The fourth-order valence-electron chi connectivity index (χ4n) is 3.05. The zero-order valence-electron chi connectivity index (χ0n) is 15.4. The maximum atomic E-state index is 12.3. The van der Waals surface area contributed by atoms with Crippen LogP contribution in [0, 0.1) is 10.1 Å². The van der Waals surface area contributed by atoms with Gasteiger partial charge in [0.15, 0.2) is 6.61 Å². The molecule has 148 valence electrons. The monoisotopic (exact) mass is 404 g/mol. The summed E-state index contributed by atoms with van der Waals surface area (Å²) in [5, 5.41) is 13.3. The number of hydrogen-bond acceptors (Lipinski definition) is 7. The van der Waals surface area contributed by atoms with E-state index in [1.807, 2.05) is 6.07 Å². The van der Waals surface area contributed by atoms with Crippen molar-refractivity contribution in [3.05, 3.63) is 49.7 Å². The van der Waals surface area contributed by atoms with Gasteiger partial charge in [0.1, 0.15) is 10.6 Å². The molecule has 1 aromatic carbocycles. The Kier molecular flexibility index (Phi) is 6.25. The fraction of sp³-hybridized carbons (Fsp3) is 0.368. The lowest BCUT2D eigenvalue weighted by Crippen LogP contribution is -2.21. The number of carbonyl (C=O) groups excluding carboxylic acids is 2. The predicted octanol–water partition coefficient (Wildman–Crippen LogP) is 3.73. The lowest BCUT2D eigenvalue weighted by atomic mass is 10.1. The van der Waals surface area contributed by atoms with Gasteiger partial charge in [-0.05, 0) is 43.4 Å². The SMILES string of the molecule is COc1cc([N+](=O)[O-])ccc1NC(=O)COC(=O)c1cc2c(s1)CCCCC2. The Labute approximate surface area is 165 Å². The Morgan fingerprint density at radius 3 is 2.75 bits per heavy atom. The minimum Gasteiger partial charge on any atom is -0.494 e. The van der Waals surface area contributed by atoms with Gasteiger partial charge >= 0.3 is 5.97 Å². The van der Waals surface area contributed by atoms with Crippen LogP contribution in [0.15, 0.2) is 24.3 Å². The number of thiophene rings is 1. The third-order valence-corrected chi connectivity index (χ3v) is 5.67. The van der Waals surface area contributed by atoms with Crippen LogP contribution in [0.5, 0.6) is 5.75 Å². The first kappa shape index (κ1) is 19.8. The van der Waals surface area contributed by atoms with Crippen molar-refractivity contribution in [1.29, 1.82) is 0 Å². The molecule has 0 atom stereocenters. The molecule has 0 fully saturated rings. The Morgan fingerprint density at radius 1 is 1.21 bits per heavy atom. The molecule has 8 nitrogen and oxygen atoms in total. The van der Waals surface area contributed by atoms with Crippen LogP contribution < -0.4 is 10.1 Å². The van der Waals surface area contributed by atoms with Crippen molar-refractivity contribution in [2.24, 2.45) is 0 Å². The average molecular weight is 404 g/mol. The molecule has 0 bridgehead atoms. The summed E-state index contributed by atoms with van der Waals surface area (Å²) in [4.78, 5) is 36.3. The molecule has 0 saturated heterocycles. The summed E-state index contributed by atoms with van der Waals surface area (Å²) in [6, 6.07) is 5.70. The minimum absolute atomic E-state index is 0.149. The number of benzene rings is 1. The first-order valence-electron chi connectivity index (χ1n) is 8.89. The number of fused-ring (bicyclic) bond motifs is 1. The zero-order chi connectivity index (χ0) is 20.1. The van der Waals surface area contributed by atoms with Crippen LogP contribution in [0.25, 0.3) is 0 Å². The maximum absolute atomic E-state index is 12.3. The quantitative estimate of drug-likeness (QED) is 0.340. The average Bonchev–Trinajstić information content (AvgIpc) is 2.97. The van der Waals surface area contributed by atoms with Gasteiger partial charge in [0.05, 0.1) is 23.8 Å².